The Balaban J connectivity index is 3.12. The van der Waals surface area contributed by atoms with Crippen molar-refractivity contribution in [3.05, 3.63) is 28.8 Å². The third kappa shape index (κ3) is 5.09. The van der Waals surface area contributed by atoms with E-state index in [2.05, 4.69) is 0 Å². The van der Waals surface area contributed by atoms with E-state index in [9.17, 15) is 26.4 Å². The Kier molecular flexibility index (Phi) is 5.95. The van der Waals surface area contributed by atoms with Gasteiger partial charge in [0.2, 0.25) is 0 Å². The van der Waals surface area contributed by atoms with E-state index in [0.29, 0.717) is 18.2 Å². The van der Waals surface area contributed by atoms with Crippen LogP contribution in [0, 0.1) is 0 Å². The Morgan fingerprint density at radius 3 is 2.21 bits per heavy atom. The number of alkyl halides is 3. The van der Waals surface area contributed by atoms with Crippen molar-refractivity contribution < 1.29 is 31.1 Å². The van der Waals surface area contributed by atoms with Gasteiger partial charge >= 0.3 is 6.18 Å². The van der Waals surface area contributed by atoms with Gasteiger partial charge in [0.15, 0.2) is 0 Å². The van der Waals surface area contributed by atoms with Crippen molar-refractivity contribution in [2.24, 2.45) is 0 Å². The highest BCUT2D eigenvalue weighted by Crippen LogP contribution is 2.33. The van der Waals surface area contributed by atoms with E-state index in [-0.39, 0.29) is 6.10 Å². The molecule has 10 heteroatoms. The van der Waals surface area contributed by atoms with Crippen molar-refractivity contribution >= 4 is 27.5 Å². The highest BCUT2D eigenvalue weighted by Gasteiger charge is 2.35. The first kappa shape index (κ1) is 20.7. The Bertz CT molecular complexity index is 730. The van der Waals surface area contributed by atoms with Crippen LogP contribution < -0.4 is 4.72 Å². The zero-order valence-corrected chi connectivity index (χ0v) is 14.9. The predicted octanol–water partition coefficient (Wildman–Crippen LogP) is 3.37. The Labute approximate surface area is 143 Å². The van der Waals surface area contributed by atoms with Gasteiger partial charge in [-0.1, -0.05) is 11.6 Å². The lowest BCUT2D eigenvalue weighted by atomic mass is 10.1. The van der Waals surface area contributed by atoms with Gasteiger partial charge in [-0.15, -0.1) is 0 Å². The van der Waals surface area contributed by atoms with Crippen LogP contribution in [0.5, 0.6) is 0 Å². The van der Waals surface area contributed by atoms with Gasteiger partial charge in [-0.05, 0) is 45.9 Å². The van der Waals surface area contributed by atoms with E-state index in [0.717, 1.165) is 0 Å². The molecule has 0 saturated carbocycles. The average Bonchev–Trinajstić information content (AvgIpc) is 2.34. The molecule has 5 nitrogen and oxygen atoms in total. The molecule has 0 saturated heterocycles. The molecule has 1 amide bonds. The van der Waals surface area contributed by atoms with Crippen LogP contribution in [-0.4, -0.2) is 26.0 Å². The number of hydrogen-bond donors (Lipinski definition) is 1. The van der Waals surface area contributed by atoms with Gasteiger partial charge in [0.05, 0.1) is 16.7 Å². The monoisotopic (exact) mass is 387 g/mol. The number of amides is 1. The number of ether oxygens (including phenoxy) is 1. The summed E-state index contributed by atoms with van der Waals surface area (Å²) in [4.78, 5) is 11.5. The second-order valence-electron chi connectivity index (χ2n) is 5.75. The topological polar surface area (TPSA) is 72.5 Å². The van der Waals surface area contributed by atoms with Gasteiger partial charge in [-0.25, -0.2) is 13.1 Å². The quantitative estimate of drug-likeness (QED) is 0.840. The van der Waals surface area contributed by atoms with Crippen LogP contribution in [0.4, 0.5) is 13.2 Å². The molecular weight excluding hydrogens is 371 g/mol. The van der Waals surface area contributed by atoms with E-state index in [1.165, 1.54) is 13.8 Å². The van der Waals surface area contributed by atoms with E-state index in [1.807, 2.05) is 0 Å². The maximum atomic E-state index is 12.6. The fourth-order valence-corrected chi connectivity index (χ4v) is 3.49. The van der Waals surface area contributed by atoms with E-state index in [4.69, 9.17) is 16.3 Å². The predicted molar refractivity (Wildman–Crippen MR) is 82.1 cm³/mol. The molecule has 0 aromatic heterocycles. The zero-order chi connectivity index (χ0) is 18.9. The standard InChI is InChI=1S/C14H17ClF3NO4S/c1-8(2)23-13(3,4)12(20)19-24(21,22)11-6-5-9(7-10(11)15)14(16,17)18/h5-8H,1-4H3,(H,19,20). The summed E-state index contributed by atoms with van der Waals surface area (Å²) in [6, 6.07) is 1.74. The molecule has 1 aromatic carbocycles. The second-order valence-corrected chi connectivity index (χ2v) is 7.81. The van der Waals surface area contributed by atoms with Crippen molar-refractivity contribution in [2.45, 2.75) is 50.5 Å². The van der Waals surface area contributed by atoms with Crippen LogP contribution in [0.15, 0.2) is 23.1 Å². The summed E-state index contributed by atoms with van der Waals surface area (Å²) < 4.78 is 69.3. The summed E-state index contributed by atoms with van der Waals surface area (Å²) in [7, 11) is -4.45. The highest BCUT2D eigenvalue weighted by molar-refractivity contribution is 7.90. The first-order chi connectivity index (χ1) is 10.7. The van der Waals surface area contributed by atoms with Gasteiger partial charge < -0.3 is 4.74 Å². The summed E-state index contributed by atoms with van der Waals surface area (Å²) >= 11 is 5.64. The lowest BCUT2D eigenvalue weighted by Crippen LogP contribution is -2.47. The minimum atomic E-state index is -4.66. The number of carbonyl (C=O) groups excluding carboxylic acids is 1. The maximum Gasteiger partial charge on any atom is 0.416 e. The Morgan fingerprint density at radius 1 is 1.25 bits per heavy atom. The van der Waals surface area contributed by atoms with Crippen molar-refractivity contribution in [1.82, 2.24) is 4.72 Å². The molecule has 24 heavy (non-hydrogen) atoms. The van der Waals surface area contributed by atoms with Gasteiger partial charge in [0.1, 0.15) is 10.5 Å². The third-order valence-electron chi connectivity index (χ3n) is 2.85. The molecule has 0 unspecified atom stereocenters. The van der Waals surface area contributed by atoms with Crippen molar-refractivity contribution in [2.75, 3.05) is 0 Å². The van der Waals surface area contributed by atoms with Gasteiger partial charge in [0, 0.05) is 0 Å². The molecule has 0 atom stereocenters. The van der Waals surface area contributed by atoms with Crippen molar-refractivity contribution in [1.29, 1.82) is 0 Å². The number of carbonyl (C=O) groups is 1. The number of hydrogen-bond acceptors (Lipinski definition) is 4. The van der Waals surface area contributed by atoms with Gasteiger partial charge in [-0.3, -0.25) is 4.79 Å². The van der Waals surface area contributed by atoms with Crippen LogP contribution in [0.1, 0.15) is 33.3 Å². The number of halogens is 4. The lowest BCUT2D eigenvalue weighted by molar-refractivity contribution is -0.145. The number of sulfonamides is 1. The largest absolute Gasteiger partial charge is 0.416 e. The number of rotatable bonds is 5. The molecule has 0 aliphatic heterocycles. The van der Waals surface area contributed by atoms with Crippen LogP contribution in [0.2, 0.25) is 5.02 Å². The summed E-state index contributed by atoms with van der Waals surface area (Å²) in [5.41, 5.74) is -2.55. The molecule has 1 N–H and O–H groups in total. The van der Waals surface area contributed by atoms with Crippen LogP contribution in [0.25, 0.3) is 0 Å². The molecule has 1 rings (SSSR count). The summed E-state index contributed by atoms with van der Waals surface area (Å²) in [6.45, 7) is 6.06. The molecule has 0 heterocycles. The first-order valence-electron chi connectivity index (χ1n) is 6.78. The minimum absolute atomic E-state index is 0.344. The summed E-state index contributed by atoms with van der Waals surface area (Å²) in [5.74, 6) is -0.966. The fraction of sp³-hybridized carbons (Fsp3) is 0.500. The number of benzene rings is 1. The molecule has 0 aliphatic rings. The van der Waals surface area contributed by atoms with E-state index in [1.54, 1.807) is 18.6 Å². The SMILES string of the molecule is CC(C)OC(C)(C)C(=O)NS(=O)(=O)c1ccc(C(F)(F)F)cc1Cl. The maximum absolute atomic E-state index is 12.6. The lowest BCUT2D eigenvalue weighted by Gasteiger charge is -2.26. The molecule has 136 valence electrons. The molecular formula is C14H17ClF3NO4S. The summed E-state index contributed by atoms with van der Waals surface area (Å²) in [5, 5.41) is -0.646. The molecule has 0 spiro atoms. The van der Waals surface area contributed by atoms with Crippen molar-refractivity contribution in [3.63, 3.8) is 0 Å². The van der Waals surface area contributed by atoms with E-state index >= 15 is 0 Å². The minimum Gasteiger partial charge on any atom is -0.363 e. The zero-order valence-electron chi connectivity index (χ0n) is 13.4. The molecule has 0 bridgehead atoms. The number of nitrogens with one attached hydrogen (secondary N) is 1. The van der Waals surface area contributed by atoms with Gasteiger partial charge in [0.25, 0.3) is 15.9 Å². The molecule has 0 aliphatic carbocycles. The van der Waals surface area contributed by atoms with Crippen LogP contribution >= 0.6 is 11.6 Å². The normalized spacial score (nSPS) is 13.2. The molecule has 0 radical (unpaired) electrons. The van der Waals surface area contributed by atoms with Crippen LogP contribution in [0.3, 0.4) is 0 Å². The first-order valence-corrected chi connectivity index (χ1v) is 8.65. The molecule has 1 aromatic rings. The Hall–Kier alpha value is -1.32. The average molecular weight is 388 g/mol. The van der Waals surface area contributed by atoms with Crippen molar-refractivity contribution in [3.8, 4) is 0 Å². The van der Waals surface area contributed by atoms with Gasteiger partial charge in [-0.2, -0.15) is 13.2 Å². The smallest absolute Gasteiger partial charge is 0.363 e. The highest BCUT2D eigenvalue weighted by atomic mass is 35.5. The fourth-order valence-electron chi connectivity index (χ4n) is 1.84. The van der Waals surface area contributed by atoms with E-state index < -0.39 is 43.2 Å². The summed E-state index contributed by atoms with van der Waals surface area (Å²) in [6.07, 6.45) is -5.01. The Morgan fingerprint density at radius 2 is 1.79 bits per heavy atom. The van der Waals surface area contributed by atoms with Crippen LogP contribution in [-0.2, 0) is 25.7 Å². The molecule has 0 fully saturated rings. The third-order valence-corrected chi connectivity index (χ3v) is 4.67. The second kappa shape index (κ2) is 6.89.